The summed E-state index contributed by atoms with van der Waals surface area (Å²) in [6, 6.07) is 7.96. The van der Waals surface area contributed by atoms with Crippen LogP contribution in [0, 0.1) is 0 Å². The number of benzene rings is 1. The molecule has 4 nitrogen and oxygen atoms in total. The van der Waals surface area contributed by atoms with Crippen LogP contribution < -0.4 is 11.3 Å². The van der Waals surface area contributed by atoms with Gasteiger partial charge in [-0.3, -0.25) is 16.3 Å². The van der Waals surface area contributed by atoms with Gasteiger partial charge in [0.25, 0.3) is 0 Å². The molecular formula is C13H18N4. The Bertz CT molecular complexity index is 484. The lowest BCUT2D eigenvalue weighted by Crippen LogP contribution is -2.28. The van der Waals surface area contributed by atoms with Crippen molar-refractivity contribution in [2.24, 2.45) is 5.84 Å². The van der Waals surface area contributed by atoms with Crippen LogP contribution in [-0.4, -0.2) is 9.97 Å². The average Bonchev–Trinajstić information content (AvgIpc) is 2.39. The minimum Gasteiger partial charge on any atom is -0.271 e. The Labute approximate surface area is 101 Å². The number of nitrogens with two attached hydrogens (primary N) is 1. The third-order valence-corrected chi connectivity index (χ3v) is 2.87. The number of para-hydroxylation sites is 2. The smallest absolute Gasteiger partial charge is 0.0890 e. The van der Waals surface area contributed by atoms with E-state index in [0.29, 0.717) is 0 Å². The van der Waals surface area contributed by atoms with Crippen molar-refractivity contribution in [2.75, 3.05) is 0 Å². The predicted molar refractivity (Wildman–Crippen MR) is 69.1 cm³/mol. The van der Waals surface area contributed by atoms with Crippen molar-refractivity contribution in [3.63, 3.8) is 0 Å². The second-order valence-electron chi connectivity index (χ2n) is 4.15. The molecule has 17 heavy (non-hydrogen) atoms. The molecule has 3 N–H and O–H groups in total. The predicted octanol–water partition coefficient (Wildman–Crippen LogP) is 2.32. The Balaban J connectivity index is 2.27. The summed E-state index contributed by atoms with van der Waals surface area (Å²) in [6.07, 6.45) is 5.07. The number of hydrogen-bond acceptors (Lipinski definition) is 4. The Kier molecular flexibility index (Phi) is 4.01. The van der Waals surface area contributed by atoms with Gasteiger partial charge in [0.15, 0.2) is 0 Å². The highest BCUT2D eigenvalue weighted by molar-refractivity contribution is 5.73. The van der Waals surface area contributed by atoms with Gasteiger partial charge in [0.2, 0.25) is 0 Å². The van der Waals surface area contributed by atoms with Crippen molar-refractivity contribution >= 4 is 11.0 Å². The van der Waals surface area contributed by atoms with Crippen LogP contribution in [0.5, 0.6) is 0 Å². The van der Waals surface area contributed by atoms with E-state index < -0.39 is 0 Å². The zero-order chi connectivity index (χ0) is 12.1. The number of aromatic nitrogens is 2. The van der Waals surface area contributed by atoms with E-state index in [1.807, 2.05) is 30.5 Å². The lowest BCUT2D eigenvalue weighted by molar-refractivity contribution is 0.484. The maximum absolute atomic E-state index is 5.57. The molecule has 0 saturated carbocycles. The normalized spacial score (nSPS) is 12.8. The first-order valence-corrected chi connectivity index (χ1v) is 6.03. The molecule has 4 heteroatoms. The molecule has 2 rings (SSSR count). The molecule has 1 atom stereocenters. The fourth-order valence-electron chi connectivity index (χ4n) is 1.86. The minimum atomic E-state index is 0.0899. The van der Waals surface area contributed by atoms with E-state index >= 15 is 0 Å². The molecule has 0 radical (unpaired) electrons. The lowest BCUT2D eigenvalue weighted by Gasteiger charge is -2.14. The summed E-state index contributed by atoms with van der Waals surface area (Å²) in [7, 11) is 0. The van der Waals surface area contributed by atoms with Crippen molar-refractivity contribution in [3.05, 3.63) is 36.2 Å². The van der Waals surface area contributed by atoms with E-state index in [1.165, 1.54) is 0 Å². The molecule has 1 heterocycles. The number of nitrogens with one attached hydrogen (secondary N) is 1. The minimum absolute atomic E-state index is 0.0899. The van der Waals surface area contributed by atoms with Gasteiger partial charge in [0.05, 0.1) is 29.0 Å². The highest BCUT2D eigenvalue weighted by atomic mass is 15.2. The summed E-state index contributed by atoms with van der Waals surface area (Å²) in [5.41, 5.74) is 5.57. The maximum atomic E-state index is 5.57. The van der Waals surface area contributed by atoms with Crippen LogP contribution in [-0.2, 0) is 0 Å². The molecule has 0 bridgehead atoms. The Hall–Kier alpha value is -1.52. The third-order valence-electron chi connectivity index (χ3n) is 2.87. The Morgan fingerprint density at radius 2 is 2.06 bits per heavy atom. The van der Waals surface area contributed by atoms with Gasteiger partial charge < -0.3 is 0 Å². The van der Waals surface area contributed by atoms with E-state index in [-0.39, 0.29) is 6.04 Å². The van der Waals surface area contributed by atoms with Crippen molar-refractivity contribution < 1.29 is 0 Å². The van der Waals surface area contributed by atoms with Crippen molar-refractivity contribution in [1.29, 1.82) is 0 Å². The number of rotatable bonds is 5. The summed E-state index contributed by atoms with van der Waals surface area (Å²) in [5.74, 6) is 5.57. The zero-order valence-corrected chi connectivity index (χ0v) is 10.1. The second kappa shape index (κ2) is 5.70. The van der Waals surface area contributed by atoms with Gasteiger partial charge in [-0.25, -0.2) is 4.98 Å². The molecular weight excluding hydrogens is 212 g/mol. The Morgan fingerprint density at radius 3 is 2.76 bits per heavy atom. The van der Waals surface area contributed by atoms with Crippen molar-refractivity contribution in [1.82, 2.24) is 15.4 Å². The largest absolute Gasteiger partial charge is 0.271 e. The Morgan fingerprint density at radius 1 is 1.29 bits per heavy atom. The number of fused-ring (bicyclic) bond motifs is 1. The van der Waals surface area contributed by atoms with E-state index in [1.54, 1.807) is 0 Å². The molecule has 90 valence electrons. The monoisotopic (exact) mass is 230 g/mol. The SMILES string of the molecule is CCCCC(NN)c1cnc2ccccc2n1. The molecule has 0 saturated heterocycles. The number of hydrazine groups is 1. The van der Waals surface area contributed by atoms with Crippen LogP contribution in [0.3, 0.4) is 0 Å². The summed E-state index contributed by atoms with van der Waals surface area (Å²) in [5, 5.41) is 0. The number of hydrogen-bond donors (Lipinski definition) is 2. The maximum Gasteiger partial charge on any atom is 0.0890 e. The first-order chi connectivity index (χ1) is 8.35. The fourth-order valence-corrected chi connectivity index (χ4v) is 1.86. The van der Waals surface area contributed by atoms with Gasteiger partial charge in [-0.05, 0) is 18.6 Å². The second-order valence-corrected chi connectivity index (χ2v) is 4.15. The van der Waals surface area contributed by atoms with Crippen LogP contribution in [0.15, 0.2) is 30.5 Å². The molecule has 0 aliphatic carbocycles. The molecule has 1 unspecified atom stereocenters. The van der Waals surface area contributed by atoms with Crippen molar-refractivity contribution in [3.8, 4) is 0 Å². The van der Waals surface area contributed by atoms with Gasteiger partial charge >= 0.3 is 0 Å². The lowest BCUT2D eigenvalue weighted by atomic mass is 10.1. The molecule has 0 aliphatic heterocycles. The van der Waals surface area contributed by atoms with E-state index in [4.69, 9.17) is 5.84 Å². The molecule has 2 aromatic rings. The van der Waals surface area contributed by atoms with Crippen LogP contribution >= 0.6 is 0 Å². The van der Waals surface area contributed by atoms with E-state index in [9.17, 15) is 0 Å². The van der Waals surface area contributed by atoms with E-state index in [0.717, 1.165) is 36.0 Å². The quantitative estimate of drug-likeness (QED) is 0.611. The highest BCUT2D eigenvalue weighted by Gasteiger charge is 2.11. The van der Waals surface area contributed by atoms with Gasteiger partial charge in [0.1, 0.15) is 0 Å². The third kappa shape index (κ3) is 2.78. The number of unbranched alkanes of at least 4 members (excludes halogenated alkanes) is 1. The first kappa shape index (κ1) is 12.0. The first-order valence-electron chi connectivity index (χ1n) is 6.03. The topological polar surface area (TPSA) is 63.8 Å². The zero-order valence-electron chi connectivity index (χ0n) is 10.1. The summed E-state index contributed by atoms with van der Waals surface area (Å²) in [6.45, 7) is 2.17. The molecule has 0 amide bonds. The number of nitrogens with zero attached hydrogens (tertiary/aromatic N) is 2. The average molecular weight is 230 g/mol. The summed E-state index contributed by atoms with van der Waals surface area (Å²) < 4.78 is 0. The van der Waals surface area contributed by atoms with Gasteiger partial charge in [0, 0.05) is 0 Å². The van der Waals surface area contributed by atoms with Gasteiger partial charge in [-0.15, -0.1) is 0 Å². The molecule has 0 spiro atoms. The van der Waals surface area contributed by atoms with Crippen LogP contribution in [0.4, 0.5) is 0 Å². The summed E-state index contributed by atoms with van der Waals surface area (Å²) in [4.78, 5) is 8.99. The van der Waals surface area contributed by atoms with E-state index in [2.05, 4.69) is 22.3 Å². The highest BCUT2D eigenvalue weighted by Crippen LogP contribution is 2.18. The van der Waals surface area contributed by atoms with Crippen LogP contribution in [0.2, 0.25) is 0 Å². The standard InChI is InChI=1S/C13H18N4/c1-2-3-6-12(17-14)13-9-15-10-7-4-5-8-11(10)16-13/h4-5,7-9,12,17H,2-3,6,14H2,1H3. The summed E-state index contributed by atoms with van der Waals surface area (Å²) >= 11 is 0. The molecule has 0 aliphatic rings. The van der Waals surface area contributed by atoms with Crippen LogP contribution in [0.25, 0.3) is 11.0 Å². The van der Waals surface area contributed by atoms with Crippen LogP contribution in [0.1, 0.15) is 37.9 Å². The van der Waals surface area contributed by atoms with Crippen molar-refractivity contribution in [2.45, 2.75) is 32.2 Å². The fraction of sp³-hybridized carbons (Fsp3) is 0.385. The molecule has 1 aromatic heterocycles. The van der Waals surface area contributed by atoms with Gasteiger partial charge in [-0.1, -0.05) is 31.9 Å². The van der Waals surface area contributed by atoms with Gasteiger partial charge in [-0.2, -0.15) is 0 Å². The molecule has 1 aromatic carbocycles. The molecule has 0 fully saturated rings.